The molecule has 3 aromatic heterocycles. The Hall–Kier alpha value is -3.37. The van der Waals surface area contributed by atoms with Gasteiger partial charge in [-0.3, -0.25) is 0 Å². The predicted octanol–water partition coefficient (Wildman–Crippen LogP) is 2.21. The summed E-state index contributed by atoms with van der Waals surface area (Å²) in [5.74, 6) is 1.54. The van der Waals surface area contributed by atoms with E-state index in [9.17, 15) is 0 Å². The highest BCUT2D eigenvalue weighted by Gasteiger charge is 2.21. The summed E-state index contributed by atoms with van der Waals surface area (Å²) in [7, 11) is 0. The van der Waals surface area contributed by atoms with Crippen LogP contribution >= 0.6 is 11.3 Å². The molecule has 1 saturated heterocycles. The van der Waals surface area contributed by atoms with Crippen LogP contribution in [-0.2, 0) is 4.74 Å². The van der Waals surface area contributed by atoms with Gasteiger partial charge in [-0.25, -0.2) is 24.9 Å². The molecule has 0 unspecified atom stereocenters. The van der Waals surface area contributed by atoms with Crippen LogP contribution in [0.4, 0.5) is 17.5 Å². The minimum absolute atomic E-state index is 0.213. The second kappa shape index (κ2) is 7.22. The maximum Gasteiger partial charge on any atom is 0.219 e. The maximum absolute atomic E-state index is 5.95. The normalized spacial score (nSPS) is 14.4. The fourth-order valence-electron chi connectivity index (χ4n) is 3.18. The topological polar surface area (TPSA) is 129 Å². The Kier molecular flexibility index (Phi) is 4.41. The van der Waals surface area contributed by atoms with Crippen LogP contribution in [0.3, 0.4) is 0 Å². The lowest BCUT2D eigenvalue weighted by atomic mass is 10.2. The van der Waals surface area contributed by atoms with Crippen molar-refractivity contribution >= 4 is 39.1 Å². The third-order valence-corrected chi connectivity index (χ3v) is 5.61. The number of nitrogens with two attached hydrogens (primary N) is 2. The molecule has 0 atom stereocenters. The van der Waals surface area contributed by atoms with Gasteiger partial charge in [-0.05, 0) is 12.1 Å². The summed E-state index contributed by atoms with van der Waals surface area (Å²) in [5.41, 5.74) is 14.7. The molecular formula is C19H18N8OS. The molecule has 1 aliphatic rings. The molecule has 1 aromatic carbocycles. The molecule has 0 saturated carbocycles. The molecule has 4 aromatic rings. The molecule has 29 heavy (non-hydrogen) atoms. The van der Waals surface area contributed by atoms with Crippen molar-refractivity contribution in [2.75, 3.05) is 42.7 Å². The van der Waals surface area contributed by atoms with E-state index in [-0.39, 0.29) is 5.95 Å². The van der Waals surface area contributed by atoms with Gasteiger partial charge in [0.05, 0.1) is 18.8 Å². The molecule has 0 spiro atoms. The maximum atomic E-state index is 5.95. The number of benzene rings is 1. The largest absolute Gasteiger partial charge is 0.399 e. The lowest BCUT2D eigenvalue weighted by Gasteiger charge is -2.28. The SMILES string of the molecule is Nc1cccc(-c2nc3c(N4CCOCC4)nc(-c4cnc(N)nc4)nc3s2)c1. The number of anilines is 3. The Labute approximate surface area is 170 Å². The number of aromatic nitrogens is 5. The van der Waals surface area contributed by atoms with E-state index >= 15 is 0 Å². The zero-order valence-electron chi connectivity index (χ0n) is 15.4. The number of rotatable bonds is 3. The van der Waals surface area contributed by atoms with Gasteiger partial charge in [0, 0.05) is 36.7 Å². The highest BCUT2D eigenvalue weighted by molar-refractivity contribution is 7.21. The lowest BCUT2D eigenvalue weighted by Crippen LogP contribution is -2.37. The van der Waals surface area contributed by atoms with Crippen molar-refractivity contribution in [1.82, 2.24) is 24.9 Å². The van der Waals surface area contributed by atoms with Gasteiger partial charge in [0.2, 0.25) is 5.95 Å². The van der Waals surface area contributed by atoms with Gasteiger partial charge in [0.15, 0.2) is 11.6 Å². The van der Waals surface area contributed by atoms with E-state index < -0.39 is 0 Å². The summed E-state index contributed by atoms with van der Waals surface area (Å²) in [6, 6.07) is 7.68. The molecule has 0 bridgehead atoms. The quantitative estimate of drug-likeness (QED) is 0.492. The van der Waals surface area contributed by atoms with Crippen molar-refractivity contribution in [1.29, 1.82) is 0 Å². The van der Waals surface area contributed by atoms with Gasteiger partial charge in [0.1, 0.15) is 15.4 Å². The van der Waals surface area contributed by atoms with E-state index in [4.69, 9.17) is 31.2 Å². The fraction of sp³-hybridized carbons (Fsp3) is 0.211. The van der Waals surface area contributed by atoms with Crippen molar-refractivity contribution in [3.63, 3.8) is 0 Å². The highest BCUT2D eigenvalue weighted by Crippen LogP contribution is 2.35. The van der Waals surface area contributed by atoms with E-state index in [0.29, 0.717) is 30.3 Å². The van der Waals surface area contributed by atoms with Crippen molar-refractivity contribution in [2.24, 2.45) is 0 Å². The number of thiazole rings is 1. The zero-order valence-corrected chi connectivity index (χ0v) is 16.3. The van der Waals surface area contributed by atoms with Crippen LogP contribution in [0, 0.1) is 0 Å². The minimum Gasteiger partial charge on any atom is -0.399 e. The van der Waals surface area contributed by atoms with E-state index in [1.165, 1.54) is 11.3 Å². The summed E-state index contributed by atoms with van der Waals surface area (Å²) < 4.78 is 5.50. The molecule has 10 heteroatoms. The number of nitrogens with zero attached hydrogens (tertiary/aromatic N) is 6. The third kappa shape index (κ3) is 3.43. The first-order valence-electron chi connectivity index (χ1n) is 9.12. The fourth-order valence-corrected chi connectivity index (χ4v) is 4.11. The molecule has 1 fully saturated rings. The summed E-state index contributed by atoms with van der Waals surface area (Å²) in [6.07, 6.45) is 3.26. The predicted molar refractivity (Wildman–Crippen MR) is 114 cm³/mol. The number of ether oxygens (including phenoxy) is 1. The molecule has 4 N–H and O–H groups in total. The molecule has 5 rings (SSSR count). The van der Waals surface area contributed by atoms with Gasteiger partial charge in [-0.15, -0.1) is 0 Å². The average molecular weight is 406 g/mol. The van der Waals surface area contributed by atoms with Crippen LogP contribution in [0.25, 0.3) is 32.3 Å². The van der Waals surface area contributed by atoms with Crippen molar-refractivity contribution < 1.29 is 4.74 Å². The number of nitrogen functional groups attached to an aromatic ring is 2. The van der Waals surface area contributed by atoms with Crippen molar-refractivity contribution in [3.8, 4) is 22.0 Å². The summed E-state index contributed by atoms with van der Waals surface area (Å²) in [6.45, 7) is 2.79. The summed E-state index contributed by atoms with van der Waals surface area (Å²) in [5, 5.41) is 0.849. The van der Waals surface area contributed by atoms with E-state index in [1.807, 2.05) is 24.3 Å². The molecule has 4 heterocycles. The van der Waals surface area contributed by atoms with Gasteiger partial charge in [-0.1, -0.05) is 23.5 Å². The molecule has 0 amide bonds. The zero-order chi connectivity index (χ0) is 19.8. The number of morpholine rings is 1. The first-order valence-corrected chi connectivity index (χ1v) is 9.94. The first kappa shape index (κ1) is 17.7. The standard InChI is InChI=1S/C19H18N8OS/c20-13-3-1-2-11(8-13)17-24-14-16(27-4-6-28-7-5-27)25-15(26-18(14)29-17)12-9-22-19(21)23-10-12/h1-3,8-10H,4-7,20H2,(H2,21,22,23). The van der Waals surface area contributed by atoms with Gasteiger partial charge in [-0.2, -0.15) is 0 Å². The second-order valence-corrected chi connectivity index (χ2v) is 7.58. The molecule has 9 nitrogen and oxygen atoms in total. The van der Waals surface area contributed by atoms with Crippen LogP contribution in [0.5, 0.6) is 0 Å². The molecule has 0 aliphatic carbocycles. The van der Waals surface area contributed by atoms with Gasteiger partial charge < -0.3 is 21.1 Å². The summed E-state index contributed by atoms with van der Waals surface area (Å²) in [4.78, 5) is 25.5. The molecule has 146 valence electrons. The third-order valence-electron chi connectivity index (χ3n) is 4.61. The number of fused-ring (bicyclic) bond motifs is 1. The molecule has 0 radical (unpaired) electrons. The van der Waals surface area contributed by atoms with E-state index in [2.05, 4.69) is 14.9 Å². The lowest BCUT2D eigenvalue weighted by molar-refractivity contribution is 0.122. The molecule has 1 aliphatic heterocycles. The van der Waals surface area contributed by atoms with Crippen molar-refractivity contribution in [3.05, 3.63) is 36.7 Å². The van der Waals surface area contributed by atoms with Gasteiger partial charge in [0.25, 0.3) is 0 Å². The van der Waals surface area contributed by atoms with Crippen LogP contribution in [0.15, 0.2) is 36.7 Å². The average Bonchev–Trinajstić information content (AvgIpc) is 3.18. The minimum atomic E-state index is 0.213. The van der Waals surface area contributed by atoms with Crippen molar-refractivity contribution in [2.45, 2.75) is 0 Å². The Morgan fingerprint density at radius 3 is 2.52 bits per heavy atom. The smallest absolute Gasteiger partial charge is 0.219 e. The number of hydrogen-bond donors (Lipinski definition) is 2. The monoisotopic (exact) mass is 406 g/mol. The van der Waals surface area contributed by atoms with Crippen LogP contribution in [0.2, 0.25) is 0 Å². The Bertz CT molecular complexity index is 1170. The second-order valence-electron chi connectivity index (χ2n) is 6.60. The summed E-state index contributed by atoms with van der Waals surface area (Å²) >= 11 is 1.51. The Balaban J connectivity index is 1.68. The van der Waals surface area contributed by atoms with Crippen LogP contribution < -0.4 is 16.4 Å². The first-order chi connectivity index (χ1) is 14.2. The van der Waals surface area contributed by atoms with Gasteiger partial charge >= 0.3 is 0 Å². The number of hydrogen-bond acceptors (Lipinski definition) is 10. The van der Waals surface area contributed by atoms with E-state index in [0.717, 1.165) is 39.8 Å². The highest BCUT2D eigenvalue weighted by atomic mass is 32.1. The van der Waals surface area contributed by atoms with E-state index in [1.54, 1.807) is 12.4 Å². The molecular weight excluding hydrogens is 388 g/mol. The van der Waals surface area contributed by atoms with Crippen LogP contribution in [0.1, 0.15) is 0 Å². The Morgan fingerprint density at radius 1 is 0.966 bits per heavy atom. The Morgan fingerprint density at radius 2 is 1.76 bits per heavy atom. The van der Waals surface area contributed by atoms with Crippen LogP contribution in [-0.4, -0.2) is 51.2 Å².